The molecule has 102 valence electrons. The van der Waals surface area contributed by atoms with Gasteiger partial charge in [0.2, 0.25) is 0 Å². The van der Waals surface area contributed by atoms with Gasteiger partial charge < -0.3 is 21.0 Å². The smallest absolute Gasteiger partial charge is 0.269 e. The molecular formula is C9H17N5O4. The molecule has 0 saturated heterocycles. The van der Waals surface area contributed by atoms with Gasteiger partial charge in [-0.25, -0.2) is 0 Å². The van der Waals surface area contributed by atoms with E-state index in [1.54, 1.807) is 11.9 Å². The lowest BCUT2D eigenvalue weighted by atomic mass is 10.4. The molecule has 0 aromatic carbocycles. The van der Waals surface area contributed by atoms with Gasteiger partial charge in [-0.1, -0.05) is 10.3 Å². The van der Waals surface area contributed by atoms with Crippen LogP contribution < -0.4 is 10.6 Å². The zero-order valence-electron chi connectivity index (χ0n) is 10.5. The fourth-order valence-electron chi connectivity index (χ4n) is 0.816. The van der Waals surface area contributed by atoms with Crippen LogP contribution in [-0.2, 0) is 9.59 Å². The largest absolute Gasteiger partial charge is 0.410 e. The highest BCUT2D eigenvalue weighted by Gasteiger charge is 2.09. The summed E-state index contributed by atoms with van der Waals surface area (Å²) in [6, 6.07) is 0. The zero-order chi connectivity index (χ0) is 14.1. The maximum Gasteiger partial charge on any atom is 0.269 e. The number of carbonyl (C=O) groups excluding carboxylic acids is 2. The summed E-state index contributed by atoms with van der Waals surface area (Å²) in [5, 5.41) is 27.1. The quantitative estimate of drug-likeness (QED) is 0.205. The summed E-state index contributed by atoms with van der Waals surface area (Å²) < 4.78 is 0. The molecule has 0 spiro atoms. The molecule has 18 heavy (non-hydrogen) atoms. The van der Waals surface area contributed by atoms with Gasteiger partial charge in [-0.2, -0.15) is 0 Å². The molecule has 0 bridgehead atoms. The van der Waals surface area contributed by atoms with E-state index in [2.05, 4.69) is 20.9 Å². The van der Waals surface area contributed by atoms with Gasteiger partial charge >= 0.3 is 0 Å². The third kappa shape index (κ3) is 5.80. The van der Waals surface area contributed by atoms with Gasteiger partial charge in [0.15, 0.2) is 0 Å². The van der Waals surface area contributed by atoms with Crippen LogP contribution in [0.1, 0.15) is 13.8 Å². The summed E-state index contributed by atoms with van der Waals surface area (Å²) in [7, 11) is 1.65. The standard InChI is InChI=1S/C9H17N5O4/c1-6(12-17)8(15)10-4-14(3)5-11-9(16)7(2)13-18/h17-18H,4-5H2,1-3H3,(H,10,15)(H,11,16)/b12-6+,13-7+. The number of hydrogen-bond donors (Lipinski definition) is 4. The van der Waals surface area contributed by atoms with Gasteiger partial charge in [0.05, 0.1) is 13.3 Å². The minimum Gasteiger partial charge on any atom is -0.410 e. The van der Waals surface area contributed by atoms with E-state index in [9.17, 15) is 9.59 Å². The first-order valence-electron chi connectivity index (χ1n) is 5.04. The topological polar surface area (TPSA) is 127 Å². The second-order valence-corrected chi connectivity index (χ2v) is 3.55. The van der Waals surface area contributed by atoms with Gasteiger partial charge in [0.25, 0.3) is 11.8 Å². The number of hydrogen-bond acceptors (Lipinski definition) is 7. The maximum atomic E-state index is 11.2. The molecule has 0 aliphatic heterocycles. The molecule has 9 nitrogen and oxygen atoms in total. The Morgan fingerprint density at radius 2 is 1.33 bits per heavy atom. The molecule has 0 rings (SSSR count). The molecule has 4 N–H and O–H groups in total. The normalized spacial score (nSPS) is 12.4. The monoisotopic (exact) mass is 259 g/mol. The third-order valence-corrected chi connectivity index (χ3v) is 1.98. The third-order valence-electron chi connectivity index (χ3n) is 1.98. The Kier molecular flexibility index (Phi) is 7.05. The number of amides is 2. The molecule has 0 atom stereocenters. The van der Waals surface area contributed by atoms with Crippen LogP contribution in [0.25, 0.3) is 0 Å². The molecule has 0 fully saturated rings. The lowest BCUT2D eigenvalue weighted by Crippen LogP contribution is -2.44. The Morgan fingerprint density at radius 1 is 1.00 bits per heavy atom. The van der Waals surface area contributed by atoms with E-state index < -0.39 is 11.8 Å². The van der Waals surface area contributed by atoms with Gasteiger partial charge in [-0.05, 0) is 20.9 Å². The number of nitrogens with one attached hydrogen (secondary N) is 2. The van der Waals surface area contributed by atoms with Crippen molar-refractivity contribution >= 4 is 23.2 Å². The summed E-state index contributed by atoms with van der Waals surface area (Å²) in [5.41, 5.74) is -0.119. The fourth-order valence-corrected chi connectivity index (χ4v) is 0.816. The van der Waals surface area contributed by atoms with E-state index in [0.717, 1.165) is 0 Å². The zero-order valence-corrected chi connectivity index (χ0v) is 10.5. The van der Waals surface area contributed by atoms with Crippen molar-refractivity contribution in [3.8, 4) is 0 Å². The molecule has 9 heteroatoms. The predicted octanol–water partition coefficient (Wildman–Crippen LogP) is -1.23. The molecule has 0 aliphatic carbocycles. The maximum absolute atomic E-state index is 11.2. The van der Waals surface area contributed by atoms with Gasteiger partial charge in [-0.15, -0.1) is 0 Å². The van der Waals surface area contributed by atoms with Crippen LogP contribution in [0.15, 0.2) is 10.3 Å². The van der Waals surface area contributed by atoms with Gasteiger partial charge in [0.1, 0.15) is 11.4 Å². The van der Waals surface area contributed by atoms with Crippen LogP contribution in [0, 0.1) is 0 Å². The number of rotatable bonds is 6. The lowest BCUT2D eigenvalue weighted by Gasteiger charge is -2.17. The minimum absolute atomic E-state index is 0.0595. The highest BCUT2D eigenvalue weighted by molar-refractivity contribution is 6.38. The molecule has 2 amide bonds. The number of nitrogens with zero attached hydrogens (tertiary/aromatic N) is 3. The molecule has 0 aromatic heterocycles. The first-order chi connectivity index (χ1) is 8.42. The summed E-state index contributed by atoms with van der Waals surface area (Å²) in [6.45, 7) is 3.03. The Morgan fingerprint density at radius 3 is 1.61 bits per heavy atom. The highest BCUT2D eigenvalue weighted by atomic mass is 16.4. The molecular weight excluding hydrogens is 242 g/mol. The fraction of sp³-hybridized carbons (Fsp3) is 0.556. The van der Waals surface area contributed by atoms with E-state index in [-0.39, 0.29) is 24.8 Å². The second-order valence-electron chi connectivity index (χ2n) is 3.55. The van der Waals surface area contributed by atoms with Crippen molar-refractivity contribution < 1.29 is 20.0 Å². The lowest BCUT2D eigenvalue weighted by molar-refractivity contribution is -0.115. The van der Waals surface area contributed by atoms with Crippen LogP contribution in [-0.4, -0.2) is 58.9 Å². The highest BCUT2D eigenvalue weighted by Crippen LogP contribution is 1.81. The molecule has 0 heterocycles. The van der Waals surface area contributed by atoms with Crippen LogP contribution in [0.3, 0.4) is 0 Å². The van der Waals surface area contributed by atoms with Crippen LogP contribution >= 0.6 is 0 Å². The Bertz CT molecular complexity index is 332. The summed E-state index contributed by atoms with van der Waals surface area (Å²) in [6.07, 6.45) is 0. The van der Waals surface area contributed by atoms with Gasteiger partial charge in [0, 0.05) is 0 Å². The van der Waals surface area contributed by atoms with E-state index in [0.29, 0.717) is 0 Å². The average Bonchev–Trinajstić information content (AvgIpc) is 2.39. The second kappa shape index (κ2) is 8.01. The van der Waals surface area contributed by atoms with Crippen LogP contribution in [0.2, 0.25) is 0 Å². The Labute approximate surface area is 104 Å². The Balaban J connectivity index is 3.96. The first kappa shape index (κ1) is 15.8. The van der Waals surface area contributed by atoms with Crippen molar-refractivity contribution in [3.63, 3.8) is 0 Å². The molecule has 0 saturated carbocycles. The number of carbonyl (C=O) groups is 2. The summed E-state index contributed by atoms with van der Waals surface area (Å²) in [4.78, 5) is 24.0. The van der Waals surface area contributed by atoms with Crippen molar-refractivity contribution in [2.45, 2.75) is 13.8 Å². The van der Waals surface area contributed by atoms with E-state index in [4.69, 9.17) is 10.4 Å². The molecule has 0 radical (unpaired) electrons. The van der Waals surface area contributed by atoms with E-state index in [1.165, 1.54) is 13.8 Å². The van der Waals surface area contributed by atoms with Crippen molar-refractivity contribution in [2.75, 3.05) is 20.4 Å². The molecule has 0 aromatic rings. The van der Waals surface area contributed by atoms with E-state index >= 15 is 0 Å². The first-order valence-corrected chi connectivity index (χ1v) is 5.04. The summed E-state index contributed by atoms with van der Waals surface area (Å²) >= 11 is 0. The van der Waals surface area contributed by atoms with Crippen LogP contribution in [0.4, 0.5) is 0 Å². The van der Waals surface area contributed by atoms with Crippen molar-refractivity contribution in [2.24, 2.45) is 10.3 Å². The van der Waals surface area contributed by atoms with Crippen molar-refractivity contribution in [1.29, 1.82) is 0 Å². The van der Waals surface area contributed by atoms with E-state index in [1.807, 2.05) is 0 Å². The predicted molar refractivity (Wildman–Crippen MR) is 63.6 cm³/mol. The summed E-state index contributed by atoms with van der Waals surface area (Å²) in [5.74, 6) is -1.02. The Hall–Kier alpha value is -2.16. The minimum atomic E-state index is -0.510. The molecule has 0 unspecified atom stereocenters. The average molecular weight is 259 g/mol. The van der Waals surface area contributed by atoms with Gasteiger partial charge in [-0.3, -0.25) is 14.5 Å². The molecule has 0 aliphatic rings. The van der Waals surface area contributed by atoms with Crippen molar-refractivity contribution in [1.82, 2.24) is 15.5 Å². The number of oxime groups is 2. The van der Waals surface area contributed by atoms with Crippen molar-refractivity contribution in [3.05, 3.63) is 0 Å². The SMILES string of the molecule is C/C(=N\O)C(=O)NCN(C)CNC(=O)/C(C)=N/O. The van der Waals surface area contributed by atoms with Crippen LogP contribution in [0.5, 0.6) is 0 Å².